The third kappa shape index (κ3) is 2.10. The topological polar surface area (TPSA) is 46.1 Å². The Morgan fingerprint density at radius 3 is 3.00 bits per heavy atom. The Kier molecular flexibility index (Phi) is 3.25. The predicted octanol–water partition coefficient (Wildman–Crippen LogP) is 2.43. The van der Waals surface area contributed by atoms with Gasteiger partial charge in [-0.1, -0.05) is 17.7 Å². The third-order valence-corrected chi connectivity index (χ3v) is 3.51. The molecule has 1 atom stereocenters. The lowest BCUT2D eigenvalue weighted by atomic mass is 10.1. The summed E-state index contributed by atoms with van der Waals surface area (Å²) in [4.78, 5) is 21.4. The summed E-state index contributed by atoms with van der Waals surface area (Å²) in [6, 6.07) is 0. The zero-order valence-electron chi connectivity index (χ0n) is 8.36. The Labute approximate surface area is 106 Å². The maximum absolute atomic E-state index is 11.7. The molecule has 1 fully saturated rings. The number of hydrogen-bond donors (Lipinski definition) is 0. The molecule has 6 heteroatoms. The number of aromatic nitrogens is 2. The van der Waals surface area contributed by atoms with E-state index in [2.05, 4.69) is 32.5 Å². The Hall–Kier alpha value is -0.940. The van der Waals surface area contributed by atoms with Crippen LogP contribution >= 0.6 is 27.5 Å². The van der Waals surface area contributed by atoms with Crippen LogP contribution in [0.15, 0.2) is 23.5 Å². The van der Waals surface area contributed by atoms with Crippen molar-refractivity contribution in [2.75, 3.05) is 11.4 Å². The van der Waals surface area contributed by atoms with Gasteiger partial charge in [0.1, 0.15) is 4.60 Å². The SMILES string of the molecule is C=CC1CC(=O)N(c2cnc(Br)c(Cl)n2)C1. The monoisotopic (exact) mass is 301 g/mol. The van der Waals surface area contributed by atoms with Crippen LogP contribution in [0.2, 0.25) is 5.15 Å². The highest BCUT2D eigenvalue weighted by atomic mass is 79.9. The largest absolute Gasteiger partial charge is 0.295 e. The molecule has 2 rings (SSSR count). The number of carbonyl (C=O) groups excluding carboxylic acids is 1. The third-order valence-electron chi connectivity index (χ3n) is 2.44. The summed E-state index contributed by atoms with van der Waals surface area (Å²) in [6.45, 7) is 4.28. The molecule has 0 aromatic carbocycles. The molecule has 84 valence electrons. The molecule has 16 heavy (non-hydrogen) atoms. The van der Waals surface area contributed by atoms with Gasteiger partial charge in [-0.3, -0.25) is 9.69 Å². The van der Waals surface area contributed by atoms with Gasteiger partial charge in [0, 0.05) is 18.9 Å². The number of halogens is 2. The first kappa shape index (κ1) is 11.5. The van der Waals surface area contributed by atoms with Crippen molar-refractivity contribution < 1.29 is 4.79 Å². The molecule has 0 bridgehead atoms. The van der Waals surface area contributed by atoms with Crippen LogP contribution < -0.4 is 4.90 Å². The van der Waals surface area contributed by atoms with E-state index in [1.165, 1.54) is 6.20 Å². The smallest absolute Gasteiger partial charge is 0.228 e. The van der Waals surface area contributed by atoms with Crippen LogP contribution in [-0.2, 0) is 4.79 Å². The summed E-state index contributed by atoms with van der Waals surface area (Å²) < 4.78 is 0.477. The number of nitrogens with zero attached hydrogens (tertiary/aromatic N) is 3. The lowest BCUT2D eigenvalue weighted by molar-refractivity contribution is -0.117. The molecule has 1 aromatic rings. The molecule has 4 nitrogen and oxygen atoms in total. The average Bonchev–Trinajstić information content (AvgIpc) is 2.64. The summed E-state index contributed by atoms with van der Waals surface area (Å²) in [7, 11) is 0. The van der Waals surface area contributed by atoms with E-state index in [0.29, 0.717) is 23.4 Å². The highest BCUT2D eigenvalue weighted by Gasteiger charge is 2.29. The molecule has 1 saturated heterocycles. The van der Waals surface area contributed by atoms with E-state index in [1.54, 1.807) is 11.0 Å². The van der Waals surface area contributed by atoms with Crippen LogP contribution in [0.4, 0.5) is 5.82 Å². The number of rotatable bonds is 2. The minimum Gasteiger partial charge on any atom is -0.295 e. The number of amides is 1. The van der Waals surface area contributed by atoms with Gasteiger partial charge in [-0.25, -0.2) is 9.97 Å². The average molecular weight is 303 g/mol. The number of hydrogen-bond acceptors (Lipinski definition) is 3. The van der Waals surface area contributed by atoms with Crippen molar-refractivity contribution >= 4 is 39.3 Å². The molecule has 0 saturated carbocycles. The first-order chi connectivity index (χ1) is 7.61. The lowest BCUT2D eigenvalue weighted by Crippen LogP contribution is -2.25. The normalized spacial score (nSPS) is 20.2. The lowest BCUT2D eigenvalue weighted by Gasteiger charge is -2.14. The van der Waals surface area contributed by atoms with E-state index in [1.807, 2.05) is 0 Å². The van der Waals surface area contributed by atoms with Gasteiger partial charge in [0.05, 0.1) is 6.20 Å². The van der Waals surface area contributed by atoms with Crippen LogP contribution in [0, 0.1) is 5.92 Å². The predicted molar refractivity (Wildman–Crippen MR) is 65.4 cm³/mol. The van der Waals surface area contributed by atoms with E-state index in [0.717, 1.165) is 0 Å². The maximum Gasteiger partial charge on any atom is 0.228 e. The summed E-state index contributed by atoms with van der Waals surface area (Å²) in [5.74, 6) is 0.692. The first-order valence-corrected chi connectivity index (χ1v) is 5.90. The zero-order valence-corrected chi connectivity index (χ0v) is 10.7. The molecule has 0 aliphatic carbocycles. The Morgan fingerprint density at radius 2 is 2.44 bits per heavy atom. The minimum absolute atomic E-state index is 0.0255. The van der Waals surface area contributed by atoms with Gasteiger partial charge >= 0.3 is 0 Å². The summed E-state index contributed by atoms with van der Waals surface area (Å²) in [6.07, 6.45) is 3.78. The zero-order chi connectivity index (χ0) is 11.7. The Morgan fingerprint density at radius 1 is 1.69 bits per heavy atom. The molecule has 1 aromatic heterocycles. The molecule has 2 heterocycles. The summed E-state index contributed by atoms with van der Waals surface area (Å²) in [5.41, 5.74) is 0. The molecule has 0 N–H and O–H groups in total. The van der Waals surface area contributed by atoms with Crippen LogP contribution in [0.25, 0.3) is 0 Å². The first-order valence-electron chi connectivity index (χ1n) is 4.72. The molecule has 1 aliphatic heterocycles. The van der Waals surface area contributed by atoms with Gasteiger partial charge < -0.3 is 0 Å². The van der Waals surface area contributed by atoms with Gasteiger partial charge in [0.2, 0.25) is 5.91 Å². The Bertz CT molecular complexity index is 452. The van der Waals surface area contributed by atoms with Crippen molar-refractivity contribution in [3.63, 3.8) is 0 Å². The number of carbonyl (C=O) groups is 1. The second-order valence-electron chi connectivity index (χ2n) is 3.51. The van der Waals surface area contributed by atoms with Gasteiger partial charge in [-0.15, -0.1) is 6.58 Å². The van der Waals surface area contributed by atoms with Crippen molar-refractivity contribution in [1.29, 1.82) is 0 Å². The van der Waals surface area contributed by atoms with Gasteiger partial charge in [0.25, 0.3) is 0 Å². The minimum atomic E-state index is 0.0255. The van der Waals surface area contributed by atoms with Crippen molar-refractivity contribution in [2.24, 2.45) is 5.92 Å². The molecular formula is C10H9BrClN3O. The van der Waals surface area contributed by atoms with Crippen molar-refractivity contribution in [3.05, 3.63) is 28.6 Å². The molecular weight excluding hydrogens is 293 g/mol. The second-order valence-corrected chi connectivity index (χ2v) is 4.62. The van der Waals surface area contributed by atoms with Crippen molar-refractivity contribution in [2.45, 2.75) is 6.42 Å². The standard InChI is InChI=1S/C10H9BrClN3O/c1-2-6-3-8(16)15(5-6)7-4-13-9(11)10(12)14-7/h2,4,6H,1,3,5H2. The maximum atomic E-state index is 11.7. The van der Waals surface area contributed by atoms with Gasteiger partial charge in [-0.05, 0) is 15.9 Å². The van der Waals surface area contributed by atoms with E-state index in [4.69, 9.17) is 11.6 Å². The van der Waals surface area contributed by atoms with Gasteiger partial charge in [0.15, 0.2) is 11.0 Å². The van der Waals surface area contributed by atoms with E-state index >= 15 is 0 Å². The molecule has 0 radical (unpaired) electrons. The van der Waals surface area contributed by atoms with Crippen LogP contribution in [0.3, 0.4) is 0 Å². The van der Waals surface area contributed by atoms with Crippen LogP contribution in [0.1, 0.15) is 6.42 Å². The highest BCUT2D eigenvalue weighted by molar-refractivity contribution is 9.10. The molecule has 1 aliphatic rings. The van der Waals surface area contributed by atoms with Gasteiger partial charge in [-0.2, -0.15) is 0 Å². The number of anilines is 1. The van der Waals surface area contributed by atoms with E-state index < -0.39 is 0 Å². The molecule has 1 amide bonds. The van der Waals surface area contributed by atoms with Crippen LogP contribution in [0.5, 0.6) is 0 Å². The second kappa shape index (κ2) is 4.51. The Balaban J connectivity index is 2.27. The highest BCUT2D eigenvalue weighted by Crippen LogP contribution is 2.26. The summed E-state index contributed by atoms with van der Waals surface area (Å²) in [5, 5.41) is 0.257. The van der Waals surface area contributed by atoms with Crippen LogP contribution in [-0.4, -0.2) is 22.4 Å². The quantitative estimate of drug-likeness (QED) is 0.788. The summed E-state index contributed by atoms with van der Waals surface area (Å²) >= 11 is 8.99. The van der Waals surface area contributed by atoms with Crippen molar-refractivity contribution in [1.82, 2.24) is 9.97 Å². The van der Waals surface area contributed by atoms with E-state index in [9.17, 15) is 4.79 Å². The fourth-order valence-electron chi connectivity index (χ4n) is 1.59. The van der Waals surface area contributed by atoms with Crippen molar-refractivity contribution in [3.8, 4) is 0 Å². The fourth-order valence-corrected chi connectivity index (χ4v) is 1.91. The molecule has 0 spiro atoms. The fraction of sp³-hybridized carbons (Fsp3) is 0.300. The van der Waals surface area contributed by atoms with E-state index in [-0.39, 0.29) is 17.0 Å². The molecule has 1 unspecified atom stereocenters.